The van der Waals surface area contributed by atoms with Gasteiger partial charge in [-0.05, 0) is 18.9 Å². The second-order valence-electron chi connectivity index (χ2n) is 6.55. The molecule has 4 heteroatoms. The molecule has 2 saturated heterocycles. The van der Waals surface area contributed by atoms with E-state index in [1.165, 1.54) is 25.9 Å². The summed E-state index contributed by atoms with van der Waals surface area (Å²) >= 11 is 0. The minimum atomic E-state index is 0.555. The first-order valence-corrected chi connectivity index (χ1v) is 7.53. The minimum Gasteiger partial charge on any atom is -0.385 e. The van der Waals surface area contributed by atoms with Crippen LogP contribution < -0.4 is 10.2 Å². The van der Waals surface area contributed by atoms with E-state index in [9.17, 15) is 0 Å². The van der Waals surface area contributed by atoms with E-state index < -0.39 is 0 Å². The zero-order valence-electron chi connectivity index (χ0n) is 12.1. The molecular weight excluding hydrogens is 248 g/mol. The fraction of sp³-hybridized carbons (Fsp3) is 0.562. The highest BCUT2D eigenvalue weighted by Gasteiger charge is 2.55. The van der Waals surface area contributed by atoms with Crippen molar-refractivity contribution >= 4 is 17.6 Å². The molecule has 4 nitrogen and oxygen atoms in total. The largest absolute Gasteiger partial charge is 0.385 e. The first-order chi connectivity index (χ1) is 9.74. The van der Waals surface area contributed by atoms with Crippen LogP contribution in [0.3, 0.4) is 0 Å². The van der Waals surface area contributed by atoms with Gasteiger partial charge in [-0.3, -0.25) is 4.90 Å². The van der Waals surface area contributed by atoms with Crippen LogP contribution >= 0.6 is 0 Å². The zero-order valence-corrected chi connectivity index (χ0v) is 12.1. The number of nitrogens with one attached hydrogen (secondary N) is 1. The molecule has 106 valence electrons. The second-order valence-corrected chi connectivity index (χ2v) is 6.55. The summed E-state index contributed by atoms with van der Waals surface area (Å²) in [5.41, 5.74) is 2.79. The highest BCUT2D eigenvalue weighted by molar-refractivity contribution is 5.77. The molecule has 1 saturated carbocycles. The summed E-state index contributed by atoms with van der Waals surface area (Å²) in [6.45, 7) is 8.78. The lowest BCUT2D eigenvalue weighted by atomic mass is 9.72. The predicted molar refractivity (Wildman–Crippen MR) is 83.1 cm³/mol. The van der Waals surface area contributed by atoms with Crippen LogP contribution in [0, 0.1) is 5.41 Å². The van der Waals surface area contributed by atoms with Gasteiger partial charge in [0.1, 0.15) is 0 Å². The molecule has 4 rings (SSSR count). The lowest BCUT2D eigenvalue weighted by molar-refractivity contribution is -0.0277. The Bertz CT molecular complexity index is 535. The zero-order chi connectivity index (χ0) is 13.7. The van der Waals surface area contributed by atoms with Crippen LogP contribution in [-0.4, -0.2) is 49.2 Å². The van der Waals surface area contributed by atoms with Crippen LogP contribution in [0.25, 0.3) is 6.08 Å². The van der Waals surface area contributed by atoms with Crippen molar-refractivity contribution in [2.24, 2.45) is 5.41 Å². The lowest BCUT2D eigenvalue weighted by Crippen LogP contribution is -2.72. The third kappa shape index (κ3) is 1.74. The number of rotatable bonds is 4. The Kier molecular flexibility index (Phi) is 2.58. The second kappa shape index (κ2) is 4.22. The van der Waals surface area contributed by atoms with Crippen molar-refractivity contribution in [3.63, 3.8) is 0 Å². The lowest BCUT2D eigenvalue weighted by Gasteiger charge is -2.61. The fourth-order valence-electron chi connectivity index (χ4n) is 3.76. The maximum Gasteiger partial charge on any atom is 0.152 e. The Balaban J connectivity index is 1.47. The van der Waals surface area contributed by atoms with Gasteiger partial charge >= 0.3 is 0 Å². The van der Waals surface area contributed by atoms with Gasteiger partial charge in [0, 0.05) is 56.4 Å². The average Bonchev–Trinajstić information content (AvgIpc) is 3.19. The molecule has 2 aliphatic heterocycles. The maximum absolute atomic E-state index is 4.57. The molecule has 1 spiro atoms. The Labute approximate surface area is 120 Å². The van der Waals surface area contributed by atoms with Crippen molar-refractivity contribution < 1.29 is 0 Å². The molecule has 3 heterocycles. The van der Waals surface area contributed by atoms with Gasteiger partial charge in [-0.25, -0.2) is 4.98 Å². The highest BCUT2D eigenvalue weighted by Crippen LogP contribution is 2.47. The Morgan fingerprint density at radius 2 is 2.10 bits per heavy atom. The standard InChI is InChI=1S/C16H22N4/c1-3-12-6-7-18-15(14(12)17-2)20-10-16(11-20)8-19(9-16)13-4-5-13/h3,6-7,13,17H,1,4-5,8-11H2,2H3. The number of hydrogen-bond acceptors (Lipinski definition) is 4. The Hall–Kier alpha value is -1.55. The van der Waals surface area contributed by atoms with Gasteiger partial charge in [0.2, 0.25) is 0 Å². The van der Waals surface area contributed by atoms with Gasteiger partial charge in [-0.2, -0.15) is 0 Å². The van der Waals surface area contributed by atoms with Gasteiger partial charge in [0.25, 0.3) is 0 Å². The summed E-state index contributed by atoms with van der Waals surface area (Å²) in [7, 11) is 1.96. The van der Waals surface area contributed by atoms with Crippen molar-refractivity contribution in [2.75, 3.05) is 43.4 Å². The van der Waals surface area contributed by atoms with E-state index in [-0.39, 0.29) is 0 Å². The number of hydrogen-bond donors (Lipinski definition) is 1. The number of likely N-dealkylation sites (tertiary alicyclic amines) is 1. The van der Waals surface area contributed by atoms with E-state index in [4.69, 9.17) is 0 Å². The molecule has 0 atom stereocenters. The Morgan fingerprint density at radius 1 is 1.35 bits per heavy atom. The Morgan fingerprint density at radius 3 is 2.70 bits per heavy atom. The topological polar surface area (TPSA) is 31.4 Å². The quantitative estimate of drug-likeness (QED) is 0.907. The summed E-state index contributed by atoms with van der Waals surface area (Å²) in [4.78, 5) is 9.64. The van der Waals surface area contributed by atoms with Gasteiger partial charge < -0.3 is 10.2 Å². The summed E-state index contributed by atoms with van der Waals surface area (Å²) < 4.78 is 0. The van der Waals surface area contributed by atoms with Crippen molar-refractivity contribution in [2.45, 2.75) is 18.9 Å². The van der Waals surface area contributed by atoms with Gasteiger partial charge in [0.05, 0.1) is 5.69 Å². The fourth-order valence-corrected chi connectivity index (χ4v) is 3.76. The molecule has 1 aromatic heterocycles. The molecule has 0 amide bonds. The number of nitrogens with zero attached hydrogens (tertiary/aromatic N) is 3. The monoisotopic (exact) mass is 270 g/mol. The molecule has 0 unspecified atom stereocenters. The van der Waals surface area contributed by atoms with Crippen molar-refractivity contribution in [3.8, 4) is 0 Å². The summed E-state index contributed by atoms with van der Waals surface area (Å²) in [5.74, 6) is 1.08. The molecule has 20 heavy (non-hydrogen) atoms. The van der Waals surface area contributed by atoms with E-state index in [0.29, 0.717) is 5.41 Å². The van der Waals surface area contributed by atoms with E-state index in [0.717, 1.165) is 36.2 Å². The van der Waals surface area contributed by atoms with Gasteiger partial charge in [-0.15, -0.1) is 0 Å². The van der Waals surface area contributed by atoms with Crippen LogP contribution in [0.5, 0.6) is 0 Å². The molecule has 1 N–H and O–H groups in total. The molecule has 0 bridgehead atoms. The van der Waals surface area contributed by atoms with Gasteiger partial charge in [0.15, 0.2) is 5.82 Å². The summed E-state index contributed by atoms with van der Waals surface area (Å²) in [6, 6.07) is 2.93. The number of anilines is 2. The number of pyridine rings is 1. The summed E-state index contributed by atoms with van der Waals surface area (Å²) in [6.07, 6.45) is 6.62. The van der Waals surface area contributed by atoms with Gasteiger partial charge in [-0.1, -0.05) is 12.7 Å². The molecule has 0 radical (unpaired) electrons. The first kappa shape index (κ1) is 12.2. The minimum absolute atomic E-state index is 0.555. The summed E-state index contributed by atoms with van der Waals surface area (Å²) in [5, 5.41) is 3.28. The smallest absolute Gasteiger partial charge is 0.152 e. The van der Waals surface area contributed by atoms with Crippen molar-refractivity contribution in [3.05, 3.63) is 24.4 Å². The molecule has 3 fully saturated rings. The van der Waals surface area contributed by atoms with E-state index in [1.807, 2.05) is 25.4 Å². The predicted octanol–water partition coefficient (Wildman–Crippen LogP) is 2.05. The molecular formula is C16H22N4. The third-order valence-corrected chi connectivity index (χ3v) is 4.93. The molecule has 3 aliphatic rings. The third-order valence-electron chi connectivity index (χ3n) is 4.93. The van der Waals surface area contributed by atoms with Crippen LogP contribution in [0.1, 0.15) is 18.4 Å². The highest BCUT2D eigenvalue weighted by atomic mass is 15.4. The van der Waals surface area contributed by atoms with Crippen molar-refractivity contribution in [1.29, 1.82) is 0 Å². The molecule has 0 aromatic carbocycles. The van der Waals surface area contributed by atoms with E-state index >= 15 is 0 Å². The average molecular weight is 270 g/mol. The molecule has 1 aromatic rings. The van der Waals surface area contributed by atoms with Crippen LogP contribution in [0.2, 0.25) is 0 Å². The SMILES string of the molecule is C=Cc1ccnc(N2CC3(C2)CN(C2CC2)C3)c1NC. The first-order valence-electron chi connectivity index (χ1n) is 7.53. The van der Waals surface area contributed by atoms with Crippen LogP contribution in [0.4, 0.5) is 11.5 Å². The van der Waals surface area contributed by atoms with Crippen LogP contribution in [-0.2, 0) is 0 Å². The van der Waals surface area contributed by atoms with E-state index in [2.05, 4.69) is 26.7 Å². The normalized spacial score (nSPS) is 24.1. The van der Waals surface area contributed by atoms with E-state index in [1.54, 1.807) is 0 Å². The maximum atomic E-state index is 4.57. The number of aromatic nitrogens is 1. The molecule has 1 aliphatic carbocycles. The van der Waals surface area contributed by atoms with Crippen LogP contribution in [0.15, 0.2) is 18.8 Å². The van der Waals surface area contributed by atoms with Crippen molar-refractivity contribution in [1.82, 2.24) is 9.88 Å².